The van der Waals surface area contributed by atoms with Crippen LogP contribution in [0.15, 0.2) is 82.4 Å². The average molecular weight is 444 g/mol. The van der Waals surface area contributed by atoms with E-state index in [1.807, 2.05) is 63.5 Å². The maximum Gasteiger partial charge on any atom is 0.233 e. The van der Waals surface area contributed by atoms with Crippen molar-refractivity contribution in [3.05, 3.63) is 78.1 Å². The molecule has 0 radical (unpaired) electrons. The van der Waals surface area contributed by atoms with E-state index in [2.05, 4.69) is 44.7 Å². The topological polar surface area (TPSA) is 79.5 Å². The number of fused-ring (bicyclic) bond motifs is 1. The number of hydrogen-bond donors (Lipinski definition) is 0. The molecule has 2 unspecified atom stereocenters. The molecular formula is C26H29N5O2. The van der Waals surface area contributed by atoms with Crippen LogP contribution in [0, 0.1) is 5.92 Å². The molecule has 0 N–H and O–H groups in total. The Hall–Kier alpha value is -3.45. The van der Waals surface area contributed by atoms with Crippen LogP contribution in [0.1, 0.15) is 38.3 Å². The summed E-state index contributed by atoms with van der Waals surface area (Å²) >= 11 is 0. The number of hydrogen-bond acceptors (Lipinski definition) is 6. The highest BCUT2D eigenvalue weighted by Crippen LogP contribution is 2.37. The fourth-order valence-electron chi connectivity index (χ4n) is 4.25. The molecule has 1 aliphatic rings. The Morgan fingerprint density at radius 3 is 2.61 bits per heavy atom. The van der Waals surface area contributed by atoms with Gasteiger partial charge in [-0.25, -0.2) is 5.06 Å². The number of benzene rings is 2. The van der Waals surface area contributed by atoms with Crippen molar-refractivity contribution in [3.63, 3.8) is 0 Å². The van der Waals surface area contributed by atoms with Crippen molar-refractivity contribution in [2.45, 2.75) is 44.8 Å². The lowest BCUT2D eigenvalue weighted by atomic mass is 9.80. The van der Waals surface area contributed by atoms with Crippen molar-refractivity contribution in [1.29, 1.82) is 0 Å². The van der Waals surface area contributed by atoms with Gasteiger partial charge in [0, 0.05) is 17.8 Å². The summed E-state index contributed by atoms with van der Waals surface area (Å²) < 4.78 is 0. The Kier molecular flexibility index (Phi) is 6.60. The minimum absolute atomic E-state index is 0.0524. The third-order valence-corrected chi connectivity index (χ3v) is 5.60. The van der Waals surface area contributed by atoms with Crippen molar-refractivity contribution in [1.82, 2.24) is 10.0 Å². The highest BCUT2D eigenvalue weighted by atomic mass is 16.7. The molecule has 0 saturated heterocycles. The molecule has 33 heavy (non-hydrogen) atoms. The van der Waals surface area contributed by atoms with Crippen molar-refractivity contribution < 1.29 is 9.63 Å². The number of hydroxylamine groups is 2. The van der Waals surface area contributed by atoms with Crippen molar-refractivity contribution in [3.8, 4) is 0 Å². The smallest absolute Gasteiger partial charge is 0.233 e. The van der Waals surface area contributed by atoms with Crippen LogP contribution in [-0.4, -0.2) is 34.8 Å². The molecule has 0 fully saturated rings. The Morgan fingerprint density at radius 2 is 1.91 bits per heavy atom. The molecular weight excluding hydrogens is 414 g/mol. The number of pyridine rings is 1. The van der Waals surface area contributed by atoms with Gasteiger partial charge in [-0.15, -0.1) is 5.10 Å². The van der Waals surface area contributed by atoms with Crippen LogP contribution in [0.4, 0.5) is 0 Å². The van der Waals surface area contributed by atoms with E-state index in [0.29, 0.717) is 13.0 Å². The van der Waals surface area contributed by atoms with Gasteiger partial charge in [0.05, 0.1) is 18.4 Å². The molecule has 1 aliphatic heterocycles. The molecule has 7 heteroatoms. The predicted octanol–water partition coefficient (Wildman–Crippen LogP) is 5.32. The van der Waals surface area contributed by atoms with Crippen molar-refractivity contribution in [2.75, 3.05) is 6.54 Å². The number of rotatable bonds is 9. The van der Waals surface area contributed by atoms with Gasteiger partial charge in [0.2, 0.25) is 6.41 Å². The van der Waals surface area contributed by atoms with Gasteiger partial charge in [-0.2, -0.15) is 5.11 Å². The second-order valence-electron chi connectivity index (χ2n) is 9.46. The fourth-order valence-corrected chi connectivity index (χ4v) is 4.25. The van der Waals surface area contributed by atoms with Gasteiger partial charge in [0.15, 0.2) is 0 Å². The van der Waals surface area contributed by atoms with Gasteiger partial charge < -0.3 is 0 Å². The number of carbonyl (C=O) groups is 1. The van der Waals surface area contributed by atoms with Gasteiger partial charge in [0.1, 0.15) is 5.54 Å². The molecule has 170 valence electrons. The summed E-state index contributed by atoms with van der Waals surface area (Å²) in [6, 6.07) is 18.5. The van der Waals surface area contributed by atoms with Crippen LogP contribution < -0.4 is 0 Å². The predicted molar refractivity (Wildman–Crippen MR) is 129 cm³/mol. The zero-order chi connectivity index (χ0) is 23.3. The Labute approximate surface area is 194 Å². The van der Waals surface area contributed by atoms with Crippen LogP contribution in [0.3, 0.4) is 0 Å². The summed E-state index contributed by atoms with van der Waals surface area (Å²) in [4.78, 5) is 21.9. The number of nitrogens with zero attached hydrogens (tertiary/aromatic N) is 5. The standard InChI is InChI=1S/C26H29N5O2/c1-25(2,3)33-31(19-32)17-21(13-20-7-5-4-6-8-20)15-26(18-28-30-29-26)24-10-9-23-16-27-12-11-22(23)14-24/h4-12,14,16,18-19,21H,13,15,17H2,1-3H3. The van der Waals surface area contributed by atoms with Gasteiger partial charge in [0.25, 0.3) is 0 Å². The first kappa shape index (κ1) is 22.7. The van der Waals surface area contributed by atoms with E-state index < -0.39 is 11.1 Å². The van der Waals surface area contributed by atoms with Crippen LogP contribution in [-0.2, 0) is 21.6 Å². The second kappa shape index (κ2) is 9.58. The van der Waals surface area contributed by atoms with Gasteiger partial charge in [-0.1, -0.05) is 42.5 Å². The Morgan fingerprint density at radius 1 is 1.09 bits per heavy atom. The lowest BCUT2D eigenvalue weighted by Crippen LogP contribution is -2.39. The third kappa shape index (κ3) is 5.68. The first-order valence-electron chi connectivity index (χ1n) is 11.1. The molecule has 0 aliphatic carbocycles. The van der Waals surface area contributed by atoms with E-state index in [1.165, 1.54) is 10.6 Å². The largest absolute Gasteiger partial charge is 0.276 e. The van der Waals surface area contributed by atoms with Gasteiger partial charge in [-0.3, -0.25) is 14.6 Å². The van der Waals surface area contributed by atoms with E-state index in [4.69, 9.17) is 4.84 Å². The van der Waals surface area contributed by atoms with Gasteiger partial charge in [-0.05, 0) is 73.4 Å². The van der Waals surface area contributed by atoms with Crippen LogP contribution in [0.25, 0.3) is 10.8 Å². The lowest BCUT2D eigenvalue weighted by Gasteiger charge is -2.33. The minimum atomic E-state index is -0.701. The van der Waals surface area contributed by atoms with E-state index in [1.54, 1.807) is 6.20 Å². The summed E-state index contributed by atoms with van der Waals surface area (Å²) in [6.45, 7) is 6.22. The number of amides is 1. The molecule has 3 aromatic rings. The molecule has 1 aromatic heterocycles. The fraction of sp³-hybridized carbons (Fsp3) is 0.346. The Bertz CT molecular complexity index is 1140. The van der Waals surface area contributed by atoms with Crippen molar-refractivity contribution >= 4 is 23.4 Å². The summed E-state index contributed by atoms with van der Waals surface area (Å²) in [5.74, 6) is 0.0524. The van der Waals surface area contributed by atoms with E-state index >= 15 is 0 Å². The molecule has 7 nitrogen and oxygen atoms in total. The van der Waals surface area contributed by atoms with Gasteiger partial charge >= 0.3 is 0 Å². The molecule has 2 atom stereocenters. The second-order valence-corrected chi connectivity index (χ2v) is 9.46. The molecule has 4 rings (SSSR count). The van der Waals surface area contributed by atoms with Crippen molar-refractivity contribution in [2.24, 2.45) is 21.4 Å². The monoisotopic (exact) mass is 443 g/mol. The van der Waals surface area contributed by atoms with E-state index in [0.717, 1.165) is 29.2 Å². The highest BCUT2D eigenvalue weighted by molar-refractivity contribution is 5.84. The lowest BCUT2D eigenvalue weighted by molar-refractivity contribution is -0.220. The molecule has 0 spiro atoms. The zero-order valence-corrected chi connectivity index (χ0v) is 19.3. The van der Waals surface area contributed by atoms with E-state index in [-0.39, 0.29) is 5.92 Å². The summed E-state index contributed by atoms with van der Waals surface area (Å²) in [5, 5.41) is 16.2. The summed E-state index contributed by atoms with van der Waals surface area (Å²) in [6.07, 6.45) is 7.59. The first-order valence-corrected chi connectivity index (χ1v) is 11.1. The Balaban J connectivity index is 1.66. The van der Waals surface area contributed by atoms with Crippen LogP contribution in [0.2, 0.25) is 0 Å². The van der Waals surface area contributed by atoms with E-state index in [9.17, 15) is 4.79 Å². The normalized spacial score (nSPS) is 18.5. The minimum Gasteiger partial charge on any atom is -0.276 e. The maximum absolute atomic E-state index is 11.8. The SMILES string of the molecule is CC(C)(C)ON(C=O)CC(Cc1ccccc1)CC1(c2ccc3cnccc3c2)C=NN=N1. The average Bonchev–Trinajstić information content (AvgIpc) is 3.27. The highest BCUT2D eigenvalue weighted by Gasteiger charge is 2.37. The quantitative estimate of drug-likeness (QED) is 0.332. The van der Waals surface area contributed by atoms with Crippen LogP contribution >= 0.6 is 0 Å². The molecule has 0 bridgehead atoms. The summed E-state index contributed by atoms with van der Waals surface area (Å²) in [5.41, 5.74) is 1.03. The van der Waals surface area contributed by atoms with Crippen LogP contribution in [0.5, 0.6) is 0 Å². The molecule has 1 amide bonds. The third-order valence-electron chi connectivity index (χ3n) is 5.60. The first-order chi connectivity index (χ1) is 15.9. The zero-order valence-electron chi connectivity index (χ0n) is 19.3. The number of carbonyl (C=O) groups excluding carboxylic acids is 1. The molecule has 2 aromatic carbocycles. The molecule has 0 saturated carbocycles. The maximum atomic E-state index is 11.8. The number of aromatic nitrogens is 1. The molecule has 2 heterocycles. The summed E-state index contributed by atoms with van der Waals surface area (Å²) in [7, 11) is 0.